The minimum atomic E-state index is 0.0170. The number of nitrogens with zero attached hydrogens (tertiary/aromatic N) is 1. The van der Waals surface area contributed by atoms with Crippen LogP contribution < -0.4 is 5.32 Å². The SMILES string of the molecule is CC1CN(CCNCC2CCCC2)CC(C)(C)O1. The molecule has 1 unspecified atom stereocenters. The molecule has 0 aromatic heterocycles. The molecule has 2 aliphatic rings. The van der Waals surface area contributed by atoms with Gasteiger partial charge in [-0.25, -0.2) is 0 Å². The van der Waals surface area contributed by atoms with Crippen molar-refractivity contribution >= 4 is 0 Å². The normalized spacial score (nSPS) is 29.8. The van der Waals surface area contributed by atoms with Gasteiger partial charge in [0, 0.05) is 26.2 Å². The molecule has 106 valence electrons. The summed E-state index contributed by atoms with van der Waals surface area (Å²) in [5.74, 6) is 0.949. The lowest BCUT2D eigenvalue weighted by Gasteiger charge is -2.41. The van der Waals surface area contributed by atoms with Gasteiger partial charge in [0.05, 0.1) is 11.7 Å². The molecule has 1 aliphatic carbocycles. The highest BCUT2D eigenvalue weighted by molar-refractivity contribution is 4.82. The van der Waals surface area contributed by atoms with Crippen LogP contribution in [0.3, 0.4) is 0 Å². The van der Waals surface area contributed by atoms with Crippen LogP contribution in [0, 0.1) is 5.92 Å². The first-order valence-corrected chi connectivity index (χ1v) is 7.66. The Hall–Kier alpha value is -0.120. The van der Waals surface area contributed by atoms with Crippen molar-refractivity contribution in [2.75, 3.05) is 32.7 Å². The molecule has 1 saturated heterocycles. The zero-order chi connectivity index (χ0) is 13.0. The van der Waals surface area contributed by atoms with Crippen LogP contribution in [0.4, 0.5) is 0 Å². The highest BCUT2D eigenvalue weighted by Gasteiger charge is 2.30. The molecular formula is C15H30N2O. The maximum Gasteiger partial charge on any atom is 0.0757 e. The molecule has 3 heteroatoms. The molecule has 0 radical (unpaired) electrons. The molecule has 1 N–H and O–H groups in total. The Balaban J connectivity index is 1.60. The third-order valence-corrected chi connectivity index (χ3v) is 4.15. The molecule has 3 nitrogen and oxygen atoms in total. The molecule has 0 amide bonds. The first-order valence-electron chi connectivity index (χ1n) is 7.66. The molecule has 2 rings (SSSR count). The first kappa shape index (κ1) is 14.3. The molecule has 1 saturated carbocycles. The van der Waals surface area contributed by atoms with Crippen molar-refractivity contribution in [2.24, 2.45) is 5.92 Å². The largest absolute Gasteiger partial charge is 0.370 e. The van der Waals surface area contributed by atoms with E-state index in [-0.39, 0.29) is 5.60 Å². The average molecular weight is 254 g/mol. The maximum absolute atomic E-state index is 5.93. The van der Waals surface area contributed by atoms with Crippen LogP contribution in [0.1, 0.15) is 46.5 Å². The fourth-order valence-electron chi connectivity index (χ4n) is 3.51. The van der Waals surface area contributed by atoms with Crippen molar-refractivity contribution in [2.45, 2.75) is 58.2 Å². The second-order valence-electron chi connectivity index (χ2n) is 6.78. The van der Waals surface area contributed by atoms with Crippen LogP contribution in [-0.4, -0.2) is 49.3 Å². The lowest BCUT2D eigenvalue weighted by atomic mass is 10.1. The third-order valence-electron chi connectivity index (χ3n) is 4.15. The van der Waals surface area contributed by atoms with Crippen molar-refractivity contribution in [3.8, 4) is 0 Å². The van der Waals surface area contributed by atoms with Crippen molar-refractivity contribution in [3.05, 3.63) is 0 Å². The van der Waals surface area contributed by atoms with E-state index >= 15 is 0 Å². The monoisotopic (exact) mass is 254 g/mol. The molecule has 1 heterocycles. The van der Waals surface area contributed by atoms with Gasteiger partial charge in [0.15, 0.2) is 0 Å². The number of nitrogens with one attached hydrogen (secondary N) is 1. The Morgan fingerprint density at radius 1 is 1.28 bits per heavy atom. The van der Waals surface area contributed by atoms with Crippen molar-refractivity contribution in [3.63, 3.8) is 0 Å². The van der Waals surface area contributed by atoms with Crippen molar-refractivity contribution in [1.82, 2.24) is 10.2 Å². The van der Waals surface area contributed by atoms with Crippen LogP contribution >= 0.6 is 0 Å². The molecular weight excluding hydrogens is 224 g/mol. The predicted octanol–water partition coefficient (Wildman–Crippen LogP) is 2.27. The van der Waals surface area contributed by atoms with Gasteiger partial charge in [-0.1, -0.05) is 12.8 Å². The van der Waals surface area contributed by atoms with Gasteiger partial charge in [0.1, 0.15) is 0 Å². The van der Waals surface area contributed by atoms with E-state index in [1.807, 2.05) is 0 Å². The second kappa shape index (κ2) is 6.36. The molecule has 1 atom stereocenters. The predicted molar refractivity (Wildman–Crippen MR) is 75.9 cm³/mol. The van der Waals surface area contributed by atoms with Gasteiger partial charge in [-0.15, -0.1) is 0 Å². The van der Waals surface area contributed by atoms with Gasteiger partial charge >= 0.3 is 0 Å². The number of rotatable bonds is 5. The molecule has 1 aliphatic heterocycles. The lowest BCUT2D eigenvalue weighted by molar-refractivity contribution is -0.128. The molecule has 0 bridgehead atoms. The highest BCUT2D eigenvalue weighted by Crippen LogP contribution is 2.23. The first-order chi connectivity index (χ1) is 8.55. The minimum absolute atomic E-state index is 0.0170. The summed E-state index contributed by atoms with van der Waals surface area (Å²) in [6, 6.07) is 0. The van der Waals surface area contributed by atoms with E-state index in [1.54, 1.807) is 0 Å². The summed E-state index contributed by atoms with van der Waals surface area (Å²) < 4.78 is 5.93. The van der Waals surface area contributed by atoms with Crippen LogP contribution in [0.5, 0.6) is 0 Å². The molecule has 0 aromatic carbocycles. The summed E-state index contributed by atoms with van der Waals surface area (Å²) >= 11 is 0. The van der Waals surface area contributed by atoms with E-state index in [9.17, 15) is 0 Å². The Morgan fingerprint density at radius 2 is 2.00 bits per heavy atom. The van der Waals surface area contributed by atoms with Crippen LogP contribution in [0.25, 0.3) is 0 Å². The van der Waals surface area contributed by atoms with E-state index in [0.29, 0.717) is 6.10 Å². The number of hydrogen-bond donors (Lipinski definition) is 1. The summed E-state index contributed by atoms with van der Waals surface area (Å²) in [4.78, 5) is 2.54. The third kappa shape index (κ3) is 4.52. The van der Waals surface area contributed by atoms with Crippen LogP contribution in [-0.2, 0) is 4.74 Å². The summed E-state index contributed by atoms with van der Waals surface area (Å²) in [7, 11) is 0. The number of ether oxygens (including phenoxy) is 1. The Kier molecular flexibility index (Phi) is 5.05. The van der Waals surface area contributed by atoms with Crippen LogP contribution in [0.15, 0.2) is 0 Å². The topological polar surface area (TPSA) is 24.5 Å². The van der Waals surface area contributed by atoms with Crippen molar-refractivity contribution < 1.29 is 4.74 Å². The Labute approximate surface area is 112 Å². The number of hydrogen-bond acceptors (Lipinski definition) is 3. The second-order valence-corrected chi connectivity index (χ2v) is 6.78. The van der Waals surface area contributed by atoms with Gasteiger partial charge in [0.2, 0.25) is 0 Å². The summed E-state index contributed by atoms with van der Waals surface area (Å²) in [6.45, 7) is 12.2. The van der Waals surface area contributed by atoms with Gasteiger partial charge < -0.3 is 10.1 Å². The summed E-state index contributed by atoms with van der Waals surface area (Å²) in [6.07, 6.45) is 6.13. The van der Waals surface area contributed by atoms with E-state index in [0.717, 1.165) is 32.1 Å². The van der Waals surface area contributed by atoms with Gasteiger partial charge in [-0.2, -0.15) is 0 Å². The Bertz CT molecular complexity index is 249. The molecule has 0 aromatic rings. The highest BCUT2D eigenvalue weighted by atomic mass is 16.5. The van der Waals surface area contributed by atoms with Crippen LogP contribution in [0.2, 0.25) is 0 Å². The Morgan fingerprint density at radius 3 is 2.67 bits per heavy atom. The van der Waals surface area contributed by atoms with E-state index in [2.05, 4.69) is 31.0 Å². The standard InChI is InChI=1S/C15H30N2O/c1-13-11-17(12-15(2,3)18-13)9-8-16-10-14-6-4-5-7-14/h13-14,16H,4-12H2,1-3H3. The smallest absolute Gasteiger partial charge is 0.0757 e. The van der Waals surface area contributed by atoms with E-state index < -0.39 is 0 Å². The lowest BCUT2D eigenvalue weighted by Crippen LogP contribution is -2.53. The average Bonchev–Trinajstić information content (AvgIpc) is 2.74. The van der Waals surface area contributed by atoms with Gasteiger partial charge in [-0.3, -0.25) is 4.90 Å². The van der Waals surface area contributed by atoms with Gasteiger partial charge in [-0.05, 0) is 46.1 Å². The summed E-state index contributed by atoms with van der Waals surface area (Å²) in [5, 5.41) is 3.63. The summed E-state index contributed by atoms with van der Waals surface area (Å²) in [5.41, 5.74) is 0.0170. The van der Waals surface area contributed by atoms with Gasteiger partial charge in [0.25, 0.3) is 0 Å². The van der Waals surface area contributed by atoms with Crippen molar-refractivity contribution in [1.29, 1.82) is 0 Å². The fourth-order valence-corrected chi connectivity index (χ4v) is 3.51. The molecule has 0 spiro atoms. The zero-order valence-electron chi connectivity index (χ0n) is 12.4. The zero-order valence-corrected chi connectivity index (χ0v) is 12.4. The van der Waals surface area contributed by atoms with E-state index in [4.69, 9.17) is 4.74 Å². The fraction of sp³-hybridized carbons (Fsp3) is 1.00. The molecule has 18 heavy (non-hydrogen) atoms. The number of morpholine rings is 1. The minimum Gasteiger partial charge on any atom is -0.370 e. The maximum atomic E-state index is 5.93. The quantitative estimate of drug-likeness (QED) is 0.762. The van der Waals surface area contributed by atoms with E-state index in [1.165, 1.54) is 32.2 Å². The molecule has 2 fully saturated rings.